The predicted molar refractivity (Wildman–Crippen MR) is 123 cm³/mol. The van der Waals surface area contributed by atoms with Crippen LogP contribution in [-0.2, 0) is 4.79 Å². The number of carbonyl (C=O) groups excluding carboxylic acids is 1. The normalized spacial score (nSPS) is 15.8. The molecule has 1 unspecified atom stereocenters. The van der Waals surface area contributed by atoms with Crippen molar-refractivity contribution >= 4 is 40.4 Å². The Labute approximate surface area is 186 Å². The molecule has 0 aliphatic carbocycles. The summed E-state index contributed by atoms with van der Waals surface area (Å²) in [6.45, 7) is 4.12. The highest BCUT2D eigenvalue weighted by Crippen LogP contribution is 2.33. The average molecular weight is 435 g/mol. The number of carbonyl (C=O) groups is 1. The second-order valence-corrected chi connectivity index (χ2v) is 7.73. The Morgan fingerprint density at radius 2 is 1.94 bits per heavy atom. The largest absolute Gasteiger partial charge is 0.326 e. The molecule has 8 heteroatoms. The molecule has 1 aliphatic rings. The number of hydrogen-bond donors (Lipinski definition) is 3. The van der Waals surface area contributed by atoms with Gasteiger partial charge in [-0.25, -0.2) is 9.97 Å². The number of benzene rings is 2. The SMILES string of the molecule is CC(=O)Nc1cccc(Nc2ncnc(C3CC(c4ccccc4Cl)=CCN3)n2)c1C. The fourth-order valence-electron chi connectivity index (χ4n) is 3.58. The highest BCUT2D eigenvalue weighted by molar-refractivity contribution is 6.32. The van der Waals surface area contributed by atoms with Crippen molar-refractivity contribution in [3.05, 3.63) is 76.8 Å². The monoisotopic (exact) mass is 434 g/mol. The first-order valence-corrected chi connectivity index (χ1v) is 10.4. The summed E-state index contributed by atoms with van der Waals surface area (Å²) in [7, 11) is 0. The van der Waals surface area contributed by atoms with Crippen LogP contribution in [0.15, 0.2) is 54.9 Å². The van der Waals surface area contributed by atoms with Crippen molar-refractivity contribution in [2.75, 3.05) is 17.2 Å². The van der Waals surface area contributed by atoms with Gasteiger partial charge in [0.25, 0.3) is 0 Å². The molecule has 3 N–H and O–H groups in total. The molecule has 31 heavy (non-hydrogen) atoms. The average Bonchev–Trinajstić information content (AvgIpc) is 2.77. The molecular formula is C23H23ClN6O. The molecule has 0 saturated carbocycles. The first-order chi connectivity index (χ1) is 15.0. The lowest BCUT2D eigenvalue weighted by molar-refractivity contribution is -0.114. The first kappa shape index (κ1) is 21.0. The summed E-state index contributed by atoms with van der Waals surface area (Å²) in [6, 6.07) is 13.4. The fourth-order valence-corrected chi connectivity index (χ4v) is 3.83. The predicted octanol–water partition coefficient (Wildman–Crippen LogP) is 4.65. The Balaban J connectivity index is 1.54. The second kappa shape index (κ2) is 9.24. The highest BCUT2D eigenvalue weighted by Gasteiger charge is 2.22. The van der Waals surface area contributed by atoms with Crippen LogP contribution in [0.5, 0.6) is 0 Å². The molecule has 0 saturated heterocycles. The van der Waals surface area contributed by atoms with Crippen LogP contribution in [0.1, 0.15) is 36.3 Å². The van der Waals surface area contributed by atoms with E-state index in [1.165, 1.54) is 18.8 Å². The van der Waals surface area contributed by atoms with E-state index in [-0.39, 0.29) is 11.9 Å². The number of nitrogens with zero attached hydrogens (tertiary/aromatic N) is 3. The number of anilines is 3. The molecule has 0 spiro atoms. The van der Waals surface area contributed by atoms with E-state index in [2.05, 4.69) is 37.0 Å². The van der Waals surface area contributed by atoms with Crippen molar-refractivity contribution in [2.24, 2.45) is 0 Å². The molecule has 1 amide bonds. The Hall–Kier alpha value is -3.29. The maximum atomic E-state index is 11.4. The van der Waals surface area contributed by atoms with Gasteiger partial charge in [0.05, 0.1) is 6.04 Å². The van der Waals surface area contributed by atoms with Gasteiger partial charge in [0.2, 0.25) is 11.9 Å². The molecule has 0 bridgehead atoms. The summed E-state index contributed by atoms with van der Waals surface area (Å²) < 4.78 is 0. The summed E-state index contributed by atoms with van der Waals surface area (Å²) in [4.78, 5) is 24.7. The van der Waals surface area contributed by atoms with Gasteiger partial charge in [-0.1, -0.05) is 41.9 Å². The molecule has 2 heterocycles. The molecule has 1 aliphatic heterocycles. The van der Waals surface area contributed by atoms with E-state index in [0.717, 1.165) is 33.9 Å². The zero-order valence-corrected chi connectivity index (χ0v) is 18.1. The maximum absolute atomic E-state index is 11.4. The molecule has 4 rings (SSSR count). The minimum absolute atomic E-state index is 0.0494. The van der Waals surface area contributed by atoms with Gasteiger partial charge in [-0.3, -0.25) is 4.79 Å². The molecule has 0 fully saturated rings. The van der Waals surface area contributed by atoms with Crippen molar-refractivity contribution in [3.63, 3.8) is 0 Å². The van der Waals surface area contributed by atoms with Crippen LogP contribution in [0.3, 0.4) is 0 Å². The van der Waals surface area contributed by atoms with Crippen LogP contribution < -0.4 is 16.0 Å². The first-order valence-electron chi connectivity index (χ1n) is 10.0. The maximum Gasteiger partial charge on any atom is 0.230 e. The third-order valence-electron chi connectivity index (χ3n) is 5.15. The van der Waals surface area contributed by atoms with Gasteiger partial charge in [0.1, 0.15) is 6.33 Å². The van der Waals surface area contributed by atoms with E-state index < -0.39 is 0 Å². The van der Waals surface area contributed by atoms with Gasteiger partial charge in [0.15, 0.2) is 5.82 Å². The summed E-state index contributed by atoms with van der Waals surface area (Å²) >= 11 is 6.39. The molecule has 1 aromatic heterocycles. The molecule has 3 aromatic rings. The van der Waals surface area contributed by atoms with E-state index in [1.54, 1.807) is 0 Å². The third-order valence-corrected chi connectivity index (χ3v) is 5.48. The minimum atomic E-state index is -0.117. The third kappa shape index (κ3) is 4.90. The van der Waals surface area contributed by atoms with Crippen LogP contribution >= 0.6 is 11.6 Å². The van der Waals surface area contributed by atoms with Gasteiger partial charge in [-0.15, -0.1) is 0 Å². The number of aromatic nitrogens is 3. The summed E-state index contributed by atoms with van der Waals surface area (Å²) in [5, 5.41) is 10.2. The summed E-state index contributed by atoms with van der Waals surface area (Å²) in [6.07, 6.45) is 4.38. The van der Waals surface area contributed by atoms with E-state index in [9.17, 15) is 4.79 Å². The van der Waals surface area contributed by atoms with Crippen molar-refractivity contribution in [3.8, 4) is 0 Å². The fraction of sp³-hybridized carbons (Fsp3) is 0.217. The second-order valence-electron chi connectivity index (χ2n) is 7.33. The van der Waals surface area contributed by atoms with Gasteiger partial charge < -0.3 is 16.0 Å². The molecule has 0 radical (unpaired) electrons. The Bertz CT molecular complexity index is 1150. The Kier molecular flexibility index (Phi) is 6.25. The standard InChI is InChI=1S/C23H23ClN6O/c1-14-19(28-15(2)31)8-5-9-20(14)29-23-27-13-26-22(30-23)21-12-16(10-11-25-21)17-6-3-4-7-18(17)24/h3-10,13,21,25H,11-12H2,1-2H3,(H,28,31)(H,26,27,29,30). The number of halogens is 1. The Morgan fingerprint density at radius 1 is 1.13 bits per heavy atom. The number of hydrogen-bond acceptors (Lipinski definition) is 6. The van der Waals surface area contributed by atoms with Crippen molar-refractivity contribution in [1.29, 1.82) is 0 Å². The van der Waals surface area contributed by atoms with Crippen LogP contribution in [0, 0.1) is 6.92 Å². The lowest BCUT2D eigenvalue weighted by Gasteiger charge is -2.24. The molecular weight excluding hydrogens is 412 g/mol. The summed E-state index contributed by atoms with van der Waals surface area (Å²) in [5.41, 5.74) is 4.67. The highest BCUT2D eigenvalue weighted by atomic mass is 35.5. The van der Waals surface area contributed by atoms with E-state index in [1.807, 2.05) is 49.4 Å². The number of nitrogens with one attached hydrogen (secondary N) is 3. The number of amides is 1. The van der Waals surface area contributed by atoms with Crippen LogP contribution in [0.4, 0.5) is 17.3 Å². The molecule has 158 valence electrons. The van der Waals surface area contributed by atoms with E-state index >= 15 is 0 Å². The zero-order chi connectivity index (χ0) is 21.8. The Morgan fingerprint density at radius 3 is 2.74 bits per heavy atom. The van der Waals surface area contributed by atoms with E-state index in [4.69, 9.17) is 11.6 Å². The lowest BCUT2D eigenvalue weighted by atomic mass is 9.95. The summed E-state index contributed by atoms with van der Waals surface area (Å²) in [5.74, 6) is 0.989. The van der Waals surface area contributed by atoms with Crippen molar-refractivity contribution < 1.29 is 4.79 Å². The van der Waals surface area contributed by atoms with Crippen molar-refractivity contribution in [2.45, 2.75) is 26.3 Å². The number of rotatable bonds is 5. The molecule has 1 atom stereocenters. The lowest BCUT2D eigenvalue weighted by Crippen LogP contribution is -2.27. The van der Waals surface area contributed by atoms with Gasteiger partial charge >= 0.3 is 0 Å². The van der Waals surface area contributed by atoms with Crippen LogP contribution in [0.25, 0.3) is 5.57 Å². The molecule has 7 nitrogen and oxygen atoms in total. The molecule has 2 aromatic carbocycles. The van der Waals surface area contributed by atoms with Gasteiger partial charge in [-0.05, 0) is 48.2 Å². The van der Waals surface area contributed by atoms with E-state index in [0.29, 0.717) is 18.3 Å². The van der Waals surface area contributed by atoms with Crippen molar-refractivity contribution in [1.82, 2.24) is 20.3 Å². The quantitative estimate of drug-likeness (QED) is 0.541. The van der Waals surface area contributed by atoms with Gasteiger partial charge in [-0.2, -0.15) is 4.98 Å². The minimum Gasteiger partial charge on any atom is -0.326 e. The topological polar surface area (TPSA) is 91.8 Å². The van der Waals surface area contributed by atoms with Crippen LogP contribution in [-0.4, -0.2) is 27.4 Å². The zero-order valence-electron chi connectivity index (χ0n) is 17.3. The van der Waals surface area contributed by atoms with Gasteiger partial charge in [0, 0.05) is 29.9 Å². The van der Waals surface area contributed by atoms with Crippen LogP contribution in [0.2, 0.25) is 5.02 Å². The smallest absolute Gasteiger partial charge is 0.230 e.